The number of hydrogen-bond acceptors (Lipinski definition) is 3. The third-order valence-corrected chi connectivity index (χ3v) is 2.94. The number of thiol groups is 1. The maximum absolute atomic E-state index is 11.9. The second kappa shape index (κ2) is 6.08. The summed E-state index contributed by atoms with van der Waals surface area (Å²) in [6.07, 6.45) is 2.03. The second-order valence-corrected chi connectivity index (χ2v) is 4.77. The Hall–Kier alpha value is -0.610. The van der Waals surface area contributed by atoms with Crippen molar-refractivity contribution in [2.45, 2.75) is 4.90 Å². The smallest absolute Gasteiger partial charge is 0.253 e. The standard InChI is InChI=1S/C11H15NOS2/c1-12(6-7-15-2)11(13)9-4-3-5-10(14)8-9/h3-5,8,14H,6-7H2,1-2H3. The highest BCUT2D eigenvalue weighted by Crippen LogP contribution is 2.10. The van der Waals surface area contributed by atoms with E-state index < -0.39 is 0 Å². The highest BCUT2D eigenvalue weighted by Gasteiger charge is 2.10. The molecule has 0 N–H and O–H groups in total. The van der Waals surface area contributed by atoms with Gasteiger partial charge in [-0.25, -0.2) is 0 Å². The van der Waals surface area contributed by atoms with Crippen LogP contribution in [0, 0.1) is 0 Å². The molecule has 0 saturated carbocycles. The first-order chi connectivity index (χ1) is 7.15. The molecule has 0 aromatic heterocycles. The summed E-state index contributed by atoms with van der Waals surface area (Å²) in [6, 6.07) is 7.32. The van der Waals surface area contributed by atoms with Gasteiger partial charge in [0.1, 0.15) is 0 Å². The first-order valence-electron chi connectivity index (χ1n) is 4.68. The summed E-state index contributed by atoms with van der Waals surface area (Å²) in [5.41, 5.74) is 0.700. The van der Waals surface area contributed by atoms with Gasteiger partial charge in [-0.1, -0.05) is 6.07 Å². The fourth-order valence-corrected chi connectivity index (χ4v) is 1.87. The van der Waals surface area contributed by atoms with E-state index in [9.17, 15) is 4.79 Å². The summed E-state index contributed by atoms with van der Waals surface area (Å²) < 4.78 is 0. The normalized spacial score (nSPS) is 10.1. The molecule has 15 heavy (non-hydrogen) atoms. The van der Waals surface area contributed by atoms with E-state index in [0.29, 0.717) is 5.56 Å². The van der Waals surface area contributed by atoms with Crippen molar-refractivity contribution in [2.24, 2.45) is 0 Å². The van der Waals surface area contributed by atoms with Crippen LogP contribution in [0.25, 0.3) is 0 Å². The molecule has 0 unspecified atom stereocenters. The first kappa shape index (κ1) is 12.5. The lowest BCUT2D eigenvalue weighted by molar-refractivity contribution is 0.0803. The molecule has 0 aliphatic heterocycles. The van der Waals surface area contributed by atoms with Gasteiger partial charge in [-0.15, -0.1) is 12.6 Å². The Labute approximate surface area is 100 Å². The number of rotatable bonds is 4. The Bertz CT molecular complexity index is 341. The molecule has 82 valence electrons. The van der Waals surface area contributed by atoms with E-state index >= 15 is 0 Å². The van der Waals surface area contributed by atoms with Crippen molar-refractivity contribution in [1.29, 1.82) is 0 Å². The summed E-state index contributed by atoms with van der Waals surface area (Å²) >= 11 is 5.95. The third-order valence-electron chi connectivity index (χ3n) is 2.07. The van der Waals surface area contributed by atoms with E-state index in [1.165, 1.54) is 0 Å². The molecule has 0 heterocycles. The van der Waals surface area contributed by atoms with Crippen LogP contribution >= 0.6 is 24.4 Å². The Morgan fingerprint density at radius 1 is 1.53 bits per heavy atom. The van der Waals surface area contributed by atoms with Crippen LogP contribution in [0.15, 0.2) is 29.2 Å². The summed E-state index contributed by atoms with van der Waals surface area (Å²) in [6.45, 7) is 0.775. The van der Waals surface area contributed by atoms with Crippen molar-refractivity contribution in [3.63, 3.8) is 0 Å². The zero-order valence-electron chi connectivity index (χ0n) is 8.93. The predicted octanol–water partition coefficient (Wildman–Crippen LogP) is 2.41. The van der Waals surface area contributed by atoms with Crippen molar-refractivity contribution >= 4 is 30.3 Å². The summed E-state index contributed by atoms with van der Waals surface area (Å²) in [7, 11) is 1.82. The van der Waals surface area contributed by atoms with Gasteiger partial charge in [-0.3, -0.25) is 4.79 Å². The fraction of sp³-hybridized carbons (Fsp3) is 0.364. The SMILES string of the molecule is CSCCN(C)C(=O)c1cccc(S)c1. The van der Waals surface area contributed by atoms with Crippen LogP contribution in [0.2, 0.25) is 0 Å². The number of carbonyl (C=O) groups excluding carboxylic acids is 1. The number of carbonyl (C=O) groups is 1. The van der Waals surface area contributed by atoms with E-state index in [0.717, 1.165) is 17.2 Å². The molecule has 0 bridgehead atoms. The highest BCUT2D eigenvalue weighted by molar-refractivity contribution is 7.98. The molecular formula is C11H15NOS2. The number of nitrogens with zero attached hydrogens (tertiary/aromatic N) is 1. The largest absolute Gasteiger partial charge is 0.341 e. The lowest BCUT2D eigenvalue weighted by Crippen LogP contribution is -2.28. The Balaban J connectivity index is 2.67. The quantitative estimate of drug-likeness (QED) is 0.817. The molecule has 1 aromatic carbocycles. The Morgan fingerprint density at radius 3 is 2.87 bits per heavy atom. The van der Waals surface area contributed by atoms with Crippen LogP contribution in [0.4, 0.5) is 0 Å². The molecule has 0 saturated heterocycles. The van der Waals surface area contributed by atoms with Crippen molar-refractivity contribution in [1.82, 2.24) is 4.90 Å². The molecule has 0 aliphatic rings. The molecule has 0 radical (unpaired) electrons. The minimum atomic E-state index is 0.0555. The maximum Gasteiger partial charge on any atom is 0.253 e. The van der Waals surface area contributed by atoms with Crippen LogP contribution in [-0.2, 0) is 0 Å². The number of thioether (sulfide) groups is 1. The highest BCUT2D eigenvalue weighted by atomic mass is 32.2. The van der Waals surface area contributed by atoms with Crippen LogP contribution in [-0.4, -0.2) is 36.4 Å². The van der Waals surface area contributed by atoms with E-state index in [4.69, 9.17) is 0 Å². The molecule has 4 heteroatoms. The fourth-order valence-electron chi connectivity index (χ4n) is 1.19. The van der Waals surface area contributed by atoms with E-state index in [2.05, 4.69) is 12.6 Å². The van der Waals surface area contributed by atoms with Crippen molar-refractivity contribution in [3.8, 4) is 0 Å². The Kier molecular flexibility index (Phi) is 5.05. The lowest BCUT2D eigenvalue weighted by Gasteiger charge is -2.16. The summed E-state index contributed by atoms with van der Waals surface area (Å²) in [4.78, 5) is 14.4. The molecule has 1 amide bonds. The molecular weight excluding hydrogens is 226 g/mol. The monoisotopic (exact) mass is 241 g/mol. The van der Waals surface area contributed by atoms with Crippen LogP contribution in [0.1, 0.15) is 10.4 Å². The van der Waals surface area contributed by atoms with Crippen LogP contribution in [0.5, 0.6) is 0 Å². The van der Waals surface area contributed by atoms with Gasteiger partial charge in [0.2, 0.25) is 0 Å². The molecule has 1 rings (SSSR count). The molecule has 2 nitrogen and oxygen atoms in total. The lowest BCUT2D eigenvalue weighted by atomic mass is 10.2. The maximum atomic E-state index is 11.9. The zero-order valence-corrected chi connectivity index (χ0v) is 10.6. The number of hydrogen-bond donors (Lipinski definition) is 1. The number of benzene rings is 1. The molecule has 0 atom stereocenters. The van der Waals surface area contributed by atoms with Crippen LogP contribution in [0.3, 0.4) is 0 Å². The van der Waals surface area contributed by atoms with Gasteiger partial charge in [0.25, 0.3) is 5.91 Å². The number of amides is 1. The topological polar surface area (TPSA) is 20.3 Å². The minimum Gasteiger partial charge on any atom is -0.341 e. The van der Waals surface area contributed by atoms with Crippen molar-refractivity contribution in [3.05, 3.63) is 29.8 Å². The van der Waals surface area contributed by atoms with Gasteiger partial charge in [-0.2, -0.15) is 11.8 Å². The van der Waals surface area contributed by atoms with Crippen molar-refractivity contribution in [2.75, 3.05) is 25.6 Å². The van der Waals surface area contributed by atoms with Gasteiger partial charge in [0.05, 0.1) is 0 Å². The summed E-state index contributed by atoms with van der Waals surface area (Å²) in [5.74, 6) is 1.02. The van der Waals surface area contributed by atoms with Gasteiger partial charge in [0.15, 0.2) is 0 Å². The second-order valence-electron chi connectivity index (χ2n) is 3.27. The zero-order chi connectivity index (χ0) is 11.3. The van der Waals surface area contributed by atoms with E-state index in [1.807, 2.05) is 31.5 Å². The van der Waals surface area contributed by atoms with Gasteiger partial charge >= 0.3 is 0 Å². The average molecular weight is 241 g/mol. The molecule has 1 aromatic rings. The van der Waals surface area contributed by atoms with Gasteiger partial charge < -0.3 is 4.90 Å². The van der Waals surface area contributed by atoms with Gasteiger partial charge in [-0.05, 0) is 24.5 Å². The third kappa shape index (κ3) is 3.80. The van der Waals surface area contributed by atoms with E-state index in [-0.39, 0.29) is 5.91 Å². The molecule has 0 fully saturated rings. The van der Waals surface area contributed by atoms with E-state index in [1.54, 1.807) is 22.7 Å². The Morgan fingerprint density at radius 2 is 2.27 bits per heavy atom. The molecule has 0 spiro atoms. The average Bonchev–Trinajstić information content (AvgIpc) is 2.24. The van der Waals surface area contributed by atoms with Gasteiger partial charge in [0, 0.05) is 29.8 Å². The predicted molar refractivity (Wildman–Crippen MR) is 69.0 cm³/mol. The van der Waals surface area contributed by atoms with Crippen molar-refractivity contribution < 1.29 is 4.79 Å². The van der Waals surface area contributed by atoms with Crippen LogP contribution < -0.4 is 0 Å². The molecule has 0 aliphatic carbocycles. The summed E-state index contributed by atoms with van der Waals surface area (Å²) in [5, 5.41) is 0. The first-order valence-corrected chi connectivity index (χ1v) is 6.52. The minimum absolute atomic E-state index is 0.0555.